The van der Waals surface area contributed by atoms with Crippen LogP contribution in [0.3, 0.4) is 0 Å². The molecule has 0 bridgehead atoms. The van der Waals surface area contributed by atoms with Crippen molar-refractivity contribution in [1.29, 1.82) is 0 Å². The Labute approximate surface area is 160 Å². The number of nitrogens with zero attached hydrogens (tertiary/aromatic N) is 3. The standard InChI is InChI=1S/C18H30BN3O5/c1-16(2,3)25-15(24)21-10-13(14(23)11-21)22-9-12(8-20-22)19-26-17(4,5)18(6,7)27-19/h8-9,13-14,23H,10-11H2,1-7H3. The zero-order chi connectivity index (χ0) is 20.2. The summed E-state index contributed by atoms with van der Waals surface area (Å²) in [6.07, 6.45) is 2.35. The molecule has 1 aromatic heterocycles. The number of carbonyl (C=O) groups excluding carboxylic acids is 1. The number of hydrogen-bond acceptors (Lipinski definition) is 6. The van der Waals surface area contributed by atoms with Crippen LogP contribution in [0.5, 0.6) is 0 Å². The molecule has 2 saturated heterocycles. The second-order valence-electron chi connectivity index (χ2n) is 9.36. The summed E-state index contributed by atoms with van der Waals surface area (Å²) in [4.78, 5) is 13.8. The van der Waals surface area contributed by atoms with Gasteiger partial charge in [0, 0.05) is 24.4 Å². The lowest BCUT2D eigenvalue weighted by atomic mass is 9.82. The van der Waals surface area contributed by atoms with Gasteiger partial charge >= 0.3 is 13.2 Å². The Hall–Kier alpha value is -1.58. The molecule has 27 heavy (non-hydrogen) atoms. The number of β-amino-alcohol motifs (C(OH)–C–C–N with tert-alkyl or cyclic N) is 1. The lowest BCUT2D eigenvalue weighted by molar-refractivity contribution is 0.00578. The largest absolute Gasteiger partial charge is 0.498 e. The van der Waals surface area contributed by atoms with E-state index in [1.54, 1.807) is 10.9 Å². The van der Waals surface area contributed by atoms with E-state index in [2.05, 4.69) is 5.10 Å². The molecule has 2 unspecified atom stereocenters. The normalized spacial score (nSPS) is 27.3. The summed E-state index contributed by atoms with van der Waals surface area (Å²) in [6.45, 7) is 14.0. The molecule has 1 aromatic rings. The van der Waals surface area contributed by atoms with Gasteiger partial charge in [-0.1, -0.05) is 0 Å². The van der Waals surface area contributed by atoms with E-state index in [0.29, 0.717) is 6.54 Å². The first-order chi connectivity index (χ1) is 12.3. The second-order valence-corrected chi connectivity index (χ2v) is 9.36. The van der Waals surface area contributed by atoms with Crippen LogP contribution < -0.4 is 5.46 Å². The molecule has 2 fully saturated rings. The molecule has 0 spiro atoms. The molecule has 0 radical (unpaired) electrons. The van der Waals surface area contributed by atoms with Crippen LogP contribution in [0, 0.1) is 0 Å². The average Bonchev–Trinajstić information content (AvgIpc) is 3.14. The van der Waals surface area contributed by atoms with Crippen LogP contribution in [0.25, 0.3) is 0 Å². The van der Waals surface area contributed by atoms with Crippen LogP contribution >= 0.6 is 0 Å². The SMILES string of the molecule is CC(C)(C)OC(=O)N1CC(O)C(n2cc(B3OC(C)(C)C(C)(C)O3)cn2)C1. The Morgan fingerprint density at radius 2 is 1.85 bits per heavy atom. The summed E-state index contributed by atoms with van der Waals surface area (Å²) < 4.78 is 19.2. The van der Waals surface area contributed by atoms with Gasteiger partial charge in [-0.15, -0.1) is 0 Å². The summed E-state index contributed by atoms with van der Waals surface area (Å²) in [7, 11) is -0.510. The zero-order valence-corrected chi connectivity index (χ0v) is 17.2. The third-order valence-electron chi connectivity index (χ3n) is 5.40. The minimum atomic E-state index is -0.719. The minimum Gasteiger partial charge on any atom is -0.444 e. The number of aromatic nitrogens is 2. The van der Waals surface area contributed by atoms with Crippen LogP contribution in [0.15, 0.2) is 12.4 Å². The van der Waals surface area contributed by atoms with Crippen molar-refractivity contribution in [2.45, 2.75) is 77.4 Å². The molecule has 9 heteroatoms. The number of carbonyl (C=O) groups is 1. The molecule has 8 nitrogen and oxygen atoms in total. The highest BCUT2D eigenvalue weighted by molar-refractivity contribution is 6.62. The molecule has 2 aliphatic heterocycles. The molecule has 0 aromatic carbocycles. The van der Waals surface area contributed by atoms with Gasteiger partial charge in [-0.25, -0.2) is 4.79 Å². The molecular weight excluding hydrogens is 349 g/mol. The molecular formula is C18H30BN3O5. The first-order valence-corrected chi connectivity index (χ1v) is 9.35. The molecule has 150 valence electrons. The fraction of sp³-hybridized carbons (Fsp3) is 0.778. The van der Waals surface area contributed by atoms with E-state index in [-0.39, 0.29) is 12.6 Å². The van der Waals surface area contributed by atoms with Gasteiger partial charge in [-0.3, -0.25) is 4.68 Å². The van der Waals surface area contributed by atoms with Gasteiger partial charge in [0.05, 0.1) is 29.9 Å². The van der Waals surface area contributed by atoms with Crippen molar-refractivity contribution in [2.75, 3.05) is 13.1 Å². The Balaban J connectivity index is 1.69. The number of hydrogen-bond donors (Lipinski definition) is 1. The van der Waals surface area contributed by atoms with Crippen molar-refractivity contribution in [2.24, 2.45) is 0 Å². The molecule has 1 amide bonds. The topological polar surface area (TPSA) is 86.0 Å². The summed E-state index contributed by atoms with van der Waals surface area (Å²) >= 11 is 0. The van der Waals surface area contributed by atoms with Gasteiger partial charge in [-0.05, 0) is 48.5 Å². The summed E-state index contributed by atoms with van der Waals surface area (Å²) in [5, 5.41) is 14.8. The second kappa shape index (κ2) is 6.50. The van der Waals surface area contributed by atoms with E-state index in [9.17, 15) is 9.90 Å². The van der Waals surface area contributed by atoms with Crippen molar-refractivity contribution >= 4 is 18.7 Å². The van der Waals surface area contributed by atoms with Crippen LogP contribution in [-0.2, 0) is 14.0 Å². The Kier molecular flexibility index (Phi) is 4.85. The van der Waals surface area contributed by atoms with E-state index in [4.69, 9.17) is 14.0 Å². The van der Waals surface area contributed by atoms with Crippen molar-refractivity contribution in [3.05, 3.63) is 12.4 Å². The summed E-state index contributed by atoms with van der Waals surface area (Å²) in [5.74, 6) is 0. The first kappa shape index (κ1) is 20.2. The van der Waals surface area contributed by atoms with E-state index in [1.165, 1.54) is 4.90 Å². The number of ether oxygens (including phenoxy) is 1. The number of likely N-dealkylation sites (tertiary alicyclic amines) is 1. The fourth-order valence-corrected chi connectivity index (χ4v) is 3.14. The molecule has 3 rings (SSSR count). The van der Waals surface area contributed by atoms with Crippen LogP contribution in [0.2, 0.25) is 0 Å². The van der Waals surface area contributed by atoms with Crippen LogP contribution in [0.1, 0.15) is 54.5 Å². The summed E-state index contributed by atoms with van der Waals surface area (Å²) in [5.41, 5.74) is -0.646. The van der Waals surface area contributed by atoms with Crippen LogP contribution in [-0.4, -0.2) is 69.0 Å². The molecule has 2 atom stereocenters. The molecule has 3 heterocycles. The van der Waals surface area contributed by atoms with E-state index in [0.717, 1.165) is 5.46 Å². The van der Waals surface area contributed by atoms with E-state index >= 15 is 0 Å². The Morgan fingerprint density at radius 3 is 2.41 bits per heavy atom. The minimum absolute atomic E-state index is 0.214. The van der Waals surface area contributed by atoms with Crippen molar-refractivity contribution in [1.82, 2.24) is 14.7 Å². The third kappa shape index (κ3) is 4.00. The molecule has 0 saturated carbocycles. The van der Waals surface area contributed by atoms with Gasteiger partial charge in [0.2, 0.25) is 0 Å². The number of amides is 1. The lowest BCUT2D eigenvalue weighted by Gasteiger charge is -2.32. The Morgan fingerprint density at radius 1 is 1.26 bits per heavy atom. The quantitative estimate of drug-likeness (QED) is 0.781. The number of aliphatic hydroxyl groups is 1. The maximum absolute atomic E-state index is 12.3. The van der Waals surface area contributed by atoms with Crippen LogP contribution in [0.4, 0.5) is 4.79 Å². The first-order valence-electron chi connectivity index (χ1n) is 9.35. The smallest absolute Gasteiger partial charge is 0.444 e. The maximum atomic E-state index is 12.3. The highest BCUT2D eigenvalue weighted by Crippen LogP contribution is 2.36. The van der Waals surface area contributed by atoms with Gasteiger partial charge in [0.1, 0.15) is 5.60 Å². The predicted molar refractivity (Wildman–Crippen MR) is 101 cm³/mol. The van der Waals surface area contributed by atoms with Crippen molar-refractivity contribution in [3.8, 4) is 0 Å². The predicted octanol–water partition coefficient (Wildman–Crippen LogP) is 1.33. The lowest BCUT2D eigenvalue weighted by Crippen LogP contribution is -2.41. The van der Waals surface area contributed by atoms with E-state index in [1.807, 2.05) is 54.7 Å². The third-order valence-corrected chi connectivity index (χ3v) is 5.40. The average molecular weight is 379 g/mol. The number of aliphatic hydroxyl groups excluding tert-OH is 1. The van der Waals surface area contributed by atoms with Gasteiger partial charge in [-0.2, -0.15) is 5.10 Å². The maximum Gasteiger partial charge on any atom is 0.498 e. The highest BCUT2D eigenvalue weighted by atomic mass is 16.7. The van der Waals surface area contributed by atoms with Crippen molar-refractivity contribution in [3.63, 3.8) is 0 Å². The van der Waals surface area contributed by atoms with Gasteiger partial charge in [0.15, 0.2) is 0 Å². The molecule has 0 aliphatic carbocycles. The van der Waals surface area contributed by atoms with E-state index < -0.39 is 36.1 Å². The van der Waals surface area contributed by atoms with Gasteiger partial charge < -0.3 is 24.1 Å². The summed E-state index contributed by atoms with van der Waals surface area (Å²) in [6, 6.07) is -0.339. The molecule has 1 N–H and O–H groups in total. The van der Waals surface area contributed by atoms with Crippen molar-refractivity contribution < 1.29 is 23.9 Å². The fourth-order valence-electron chi connectivity index (χ4n) is 3.14. The number of rotatable bonds is 2. The monoisotopic (exact) mass is 379 g/mol. The molecule has 2 aliphatic rings. The Bertz CT molecular complexity index is 696. The van der Waals surface area contributed by atoms with Gasteiger partial charge in [0.25, 0.3) is 0 Å². The zero-order valence-electron chi connectivity index (χ0n) is 17.2. The highest BCUT2D eigenvalue weighted by Gasteiger charge is 2.52.